The van der Waals surface area contributed by atoms with E-state index in [0.717, 1.165) is 0 Å². The number of nitrogens with one attached hydrogen (secondary N) is 2. The standard InChI is InChI=1S/C20H24N3O7P/c1-13-11-23(20(26)21-19(13)25)18-10-9-17(29-18)12-28-31(27,22-14(2)15(3)24)30-16-7-5-4-6-8-16/h4-11,14,17-18H,12H2,1-3H3,(H,22,27)(H,21,25,26)/t14?,17?,18-,31?/m1/s1. The van der Waals surface area contributed by atoms with E-state index in [4.69, 9.17) is 13.8 Å². The van der Waals surface area contributed by atoms with Crippen molar-refractivity contribution in [1.82, 2.24) is 14.6 Å². The van der Waals surface area contributed by atoms with Gasteiger partial charge in [-0.25, -0.2) is 14.4 Å². The molecule has 2 heterocycles. The number of H-pyrrole nitrogens is 1. The highest BCUT2D eigenvalue weighted by Crippen LogP contribution is 2.45. The van der Waals surface area contributed by atoms with Gasteiger partial charge in [0.05, 0.1) is 12.6 Å². The first-order chi connectivity index (χ1) is 14.7. The van der Waals surface area contributed by atoms with Crippen molar-refractivity contribution in [3.05, 3.63) is 75.1 Å². The fraction of sp³-hybridized carbons (Fsp3) is 0.350. The van der Waals surface area contributed by atoms with Gasteiger partial charge in [0.1, 0.15) is 17.6 Å². The topological polar surface area (TPSA) is 129 Å². The molecule has 1 aromatic heterocycles. The molecule has 3 unspecified atom stereocenters. The average molecular weight is 449 g/mol. The summed E-state index contributed by atoms with van der Waals surface area (Å²) in [6.07, 6.45) is 3.29. The SMILES string of the molecule is CC(=O)C(C)NP(=O)(OCC1C=C[C@H](n2cc(C)c(=O)[nH]c2=O)O1)Oc1ccccc1. The number of aryl methyl sites for hydroxylation is 1. The molecule has 0 saturated heterocycles. The molecule has 0 spiro atoms. The van der Waals surface area contributed by atoms with Crippen molar-refractivity contribution < 1.29 is 23.1 Å². The van der Waals surface area contributed by atoms with Gasteiger partial charge >= 0.3 is 13.4 Å². The first-order valence-electron chi connectivity index (χ1n) is 9.60. The molecule has 2 aromatic rings. The normalized spacial score (nSPS) is 20.9. The van der Waals surface area contributed by atoms with Crippen LogP contribution >= 0.6 is 7.75 Å². The average Bonchev–Trinajstić information content (AvgIpc) is 3.19. The van der Waals surface area contributed by atoms with Crippen LogP contribution in [0.5, 0.6) is 5.75 Å². The molecule has 0 fully saturated rings. The summed E-state index contributed by atoms with van der Waals surface area (Å²) in [7, 11) is -3.92. The monoisotopic (exact) mass is 449 g/mol. The fourth-order valence-corrected chi connectivity index (χ4v) is 4.31. The number of para-hydroxylation sites is 1. The molecule has 3 rings (SSSR count). The van der Waals surface area contributed by atoms with Gasteiger partial charge in [-0.3, -0.25) is 23.7 Å². The predicted molar refractivity (Wildman–Crippen MR) is 113 cm³/mol. The number of hydrogen-bond acceptors (Lipinski definition) is 7. The summed E-state index contributed by atoms with van der Waals surface area (Å²) in [6.45, 7) is 4.33. The third-order valence-corrected chi connectivity index (χ3v) is 6.21. The summed E-state index contributed by atoms with van der Waals surface area (Å²) in [6, 6.07) is 7.68. The van der Waals surface area contributed by atoms with Crippen LogP contribution < -0.4 is 20.9 Å². The molecular formula is C20H24N3O7P. The minimum absolute atomic E-state index is 0.161. The Balaban J connectivity index is 1.69. The van der Waals surface area contributed by atoms with Crippen molar-refractivity contribution in [2.45, 2.75) is 39.1 Å². The van der Waals surface area contributed by atoms with Crippen LogP contribution in [0.25, 0.3) is 0 Å². The zero-order valence-corrected chi connectivity index (χ0v) is 18.2. The maximum atomic E-state index is 13.3. The van der Waals surface area contributed by atoms with Crippen LogP contribution in [0.3, 0.4) is 0 Å². The van der Waals surface area contributed by atoms with Crippen molar-refractivity contribution >= 4 is 13.5 Å². The molecule has 0 amide bonds. The number of carbonyl (C=O) groups is 1. The molecule has 0 bridgehead atoms. The number of carbonyl (C=O) groups excluding carboxylic acids is 1. The maximum absolute atomic E-state index is 13.3. The van der Waals surface area contributed by atoms with Crippen LogP contribution in [0, 0.1) is 6.92 Å². The number of rotatable bonds is 9. The van der Waals surface area contributed by atoms with E-state index in [2.05, 4.69) is 10.1 Å². The Morgan fingerprint density at radius 1 is 1.29 bits per heavy atom. The molecule has 1 aliphatic heterocycles. The molecule has 31 heavy (non-hydrogen) atoms. The highest BCUT2D eigenvalue weighted by atomic mass is 31.2. The van der Waals surface area contributed by atoms with Crippen LogP contribution in [0.4, 0.5) is 0 Å². The molecule has 0 aliphatic carbocycles. The number of aromatic nitrogens is 2. The van der Waals surface area contributed by atoms with Gasteiger partial charge < -0.3 is 9.26 Å². The molecule has 1 aliphatic rings. The quantitative estimate of drug-likeness (QED) is 0.440. The van der Waals surface area contributed by atoms with E-state index >= 15 is 0 Å². The zero-order valence-electron chi connectivity index (χ0n) is 17.3. The second kappa shape index (κ2) is 9.57. The first kappa shape index (κ1) is 22.9. The van der Waals surface area contributed by atoms with Crippen LogP contribution in [-0.2, 0) is 18.6 Å². The lowest BCUT2D eigenvalue weighted by atomic mass is 10.3. The Morgan fingerprint density at radius 3 is 2.68 bits per heavy atom. The minimum atomic E-state index is -3.92. The lowest BCUT2D eigenvalue weighted by Crippen LogP contribution is -2.34. The lowest BCUT2D eigenvalue weighted by molar-refractivity contribution is -0.118. The Labute approximate surface area is 178 Å². The number of aromatic amines is 1. The van der Waals surface area contributed by atoms with Crippen molar-refractivity contribution in [3.63, 3.8) is 0 Å². The van der Waals surface area contributed by atoms with Gasteiger partial charge in [-0.05, 0) is 39.0 Å². The molecule has 0 radical (unpaired) electrons. The largest absolute Gasteiger partial charge is 0.459 e. The number of nitrogens with zero attached hydrogens (tertiary/aromatic N) is 1. The molecule has 2 N–H and O–H groups in total. The second-order valence-electron chi connectivity index (χ2n) is 7.09. The highest BCUT2D eigenvalue weighted by Gasteiger charge is 2.32. The van der Waals surface area contributed by atoms with Crippen LogP contribution in [0.1, 0.15) is 25.6 Å². The molecule has 10 nitrogen and oxygen atoms in total. The first-order valence-corrected chi connectivity index (χ1v) is 11.1. The summed E-state index contributed by atoms with van der Waals surface area (Å²) in [5.41, 5.74) is -0.714. The van der Waals surface area contributed by atoms with E-state index in [1.54, 1.807) is 56.3 Å². The van der Waals surface area contributed by atoms with Crippen molar-refractivity contribution in [2.24, 2.45) is 0 Å². The number of ketones is 1. The van der Waals surface area contributed by atoms with Crippen molar-refractivity contribution in [3.8, 4) is 5.75 Å². The van der Waals surface area contributed by atoms with E-state index in [9.17, 15) is 18.9 Å². The Bertz CT molecular complexity index is 1130. The molecule has 1 aromatic carbocycles. The molecular weight excluding hydrogens is 425 g/mol. The summed E-state index contributed by atoms with van der Waals surface area (Å²) in [4.78, 5) is 37.4. The molecule has 0 saturated carbocycles. The number of hydrogen-bond donors (Lipinski definition) is 2. The minimum Gasteiger partial charge on any atom is -0.413 e. The zero-order chi connectivity index (χ0) is 22.6. The summed E-state index contributed by atoms with van der Waals surface area (Å²) >= 11 is 0. The molecule has 11 heteroatoms. The molecule has 166 valence electrons. The van der Waals surface area contributed by atoms with Gasteiger partial charge in [-0.2, -0.15) is 0 Å². The van der Waals surface area contributed by atoms with Gasteiger partial charge in [0.25, 0.3) is 5.56 Å². The highest BCUT2D eigenvalue weighted by molar-refractivity contribution is 7.52. The summed E-state index contributed by atoms with van der Waals surface area (Å²) in [5.74, 6) is 0.0792. The van der Waals surface area contributed by atoms with E-state index in [1.807, 2.05) is 0 Å². The molecule has 4 atom stereocenters. The van der Waals surface area contributed by atoms with Gasteiger partial charge in [0.15, 0.2) is 6.23 Å². The van der Waals surface area contributed by atoms with Crippen molar-refractivity contribution in [1.29, 1.82) is 0 Å². The van der Waals surface area contributed by atoms with Gasteiger partial charge in [-0.1, -0.05) is 24.3 Å². The Hall–Kier alpha value is -2.78. The van der Waals surface area contributed by atoms with E-state index in [0.29, 0.717) is 11.3 Å². The summed E-state index contributed by atoms with van der Waals surface area (Å²) < 4.78 is 31.3. The maximum Gasteiger partial charge on any atom is 0.459 e. The second-order valence-corrected chi connectivity index (χ2v) is 8.78. The van der Waals surface area contributed by atoms with Crippen LogP contribution in [-0.4, -0.2) is 34.1 Å². The van der Waals surface area contributed by atoms with Gasteiger partial charge in [0.2, 0.25) is 0 Å². The third kappa shape index (κ3) is 5.89. The third-order valence-electron chi connectivity index (χ3n) is 4.56. The van der Waals surface area contributed by atoms with E-state index in [1.165, 1.54) is 17.7 Å². The van der Waals surface area contributed by atoms with E-state index in [-0.39, 0.29) is 12.4 Å². The Kier molecular flexibility index (Phi) is 7.07. The smallest absolute Gasteiger partial charge is 0.413 e. The summed E-state index contributed by atoms with van der Waals surface area (Å²) in [5, 5.41) is 2.62. The Morgan fingerprint density at radius 2 is 2.00 bits per heavy atom. The van der Waals surface area contributed by atoms with E-state index < -0.39 is 37.4 Å². The lowest BCUT2D eigenvalue weighted by Gasteiger charge is -2.24. The number of ether oxygens (including phenoxy) is 1. The van der Waals surface area contributed by atoms with Gasteiger partial charge in [0, 0.05) is 11.8 Å². The van der Waals surface area contributed by atoms with Gasteiger partial charge in [-0.15, -0.1) is 0 Å². The number of benzene rings is 1. The van der Waals surface area contributed by atoms with Crippen LogP contribution in [0.2, 0.25) is 0 Å². The fourth-order valence-electron chi connectivity index (χ4n) is 2.73. The van der Waals surface area contributed by atoms with Crippen LogP contribution in [0.15, 0.2) is 58.3 Å². The number of Topliss-reactive ketones (excluding diaryl/α,β-unsaturated/α-hetero) is 1. The van der Waals surface area contributed by atoms with Crippen molar-refractivity contribution in [2.75, 3.05) is 6.61 Å². The predicted octanol–water partition coefficient (Wildman–Crippen LogP) is 2.07.